The fourth-order valence-corrected chi connectivity index (χ4v) is 4.02. The number of nitrogens with one attached hydrogen (secondary N) is 1. The third-order valence-electron chi connectivity index (χ3n) is 5.07. The fourth-order valence-electron chi connectivity index (χ4n) is 3.57. The van der Waals surface area contributed by atoms with Gasteiger partial charge in [-0.3, -0.25) is 4.79 Å². The molecule has 0 aliphatic carbocycles. The molecule has 0 saturated heterocycles. The zero-order valence-electron chi connectivity index (χ0n) is 17.1. The summed E-state index contributed by atoms with van der Waals surface area (Å²) in [4.78, 5) is 12.3. The van der Waals surface area contributed by atoms with Gasteiger partial charge >= 0.3 is 0 Å². The lowest BCUT2D eigenvalue weighted by Crippen LogP contribution is -2.33. The minimum absolute atomic E-state index is 0.343. The lowest BCUT2D eigenvalue weighted by atomic mass is 10.1. The summed E-state index contributed by atoms with van der Waals surface area (Å²) in [5, 5.41) is 7.28. The zero-order chi connectivity index (χ0) is 22.0. The number of carbonyl (C=O) groups is 1. The Bertz CT molecular complexity index is 1300. The fraction of sp³-hybridized carbons (Fsp3) is 0.167. The molecule has 31 heavy (non-hydrogen) atoms. The average molecular weight is 454 g/mol. The predicted molar refractivity (Wildman–Crippen MR) is 127 cm³/mol. The Morgan fingerprint density at radius 2 is 1.87 bits per heavy atom. The van der Waals surface area contributed by atoms with Crippen LogP contribution in [-0.4, -0.2) is 22.8 Å². The molecule has 1 aromatic heterocycles. The van der Waals surface area contributed by atoms with E-state index in [1.54, 1.807) is 31.3 Å². The molecule has 0 spiro atoms. The number of nitrogens with zero attached hydrogens (tertiary/aromatic N) is 2. The molecular formula is C24H21Cl2N3O2. The molecule has 0 bridgehead atoms. The van der Waals surface area contributed by atoms with Crippen LogP contribution in [0.1, 0.15) is 19.4 Å². The quantitative estimate of drug-likeness (QED) is 0.285. The van der Waals surface area contributed by atoms with Crippen molar-refractivity contribution in [2.45, 2.75) is 26.5 Å². The normalized spacial score (nSPS) is 12.5. The van der Waals surface area contributed by atoms with E-state index in [-0.39, 0.29) is 5.91 Å². The molecule has 1 N–H and O–H groups in total. The number of ether oxygens (including phenoxy) is 1. The Morgan fingerprint density at radius 3 is 2.65 bits per heavy atom. The second-order valence-electron chi connectivity index (χ2n) is 7.11. The molecule has 0 radical (unpaired) electrons. The van der Waals surface area contributed by atoms with Crippen molar-refractivity contribution in [2.75, 3.05) is 0 Å². The number of aromatic nitrogens is 1. The number of rotatable bonds is 6. The highest BCUT2D eigenvalue weighted by Gasteiger charge is 2.16. The number of hydrazone groups is 1. The number of fused-ring (bicyclic) bond motifs is 3. The molecule has 5 nitrogen and oxygen atoms in total. The number of halogens is 2. The van der Waals surface area contributed by atoms with Crippen LogP contribution < -0.4 is 10.2 Å². The van der Waals surface area contributed by atoms with Gasteiger partial charge in [-0.2, -0.15) is 5.10 Å². The number of hydrogen-bond donors (Lipinski definition) is 1. The Labute approximate surface area is 190 Å². The van der Waals surface area contributed by atoms with Gasteiger partial charge in [0.1, 0.15) is 5.75 Å². The van der Waals surface area contributed by atoms with E-state index in [9.17, 15) is 4.79 Å². The lowest BCUT2D eigenvalue weighted by Gasteiger charge is -2.14. The number of carbonyl (C=O) groups excluding carboxylic acids is 1. The predicted octanol–water partition coefficient (Wildman–Crippen LogP) is 6.04. The van der Waals surface area contributed by atoms with Crippen LogP contribution in [0.25, 0.3) is 21.8 Å². The molecule has 0 fully saturated rings. The average Bonchev–Trinajstić information content (AvgIpc) is 3.08. The highest BCUT2D eigenvalue weighted by Crippen LogP contribution is 2.30. The Hall–Kier alpha value is -3.02. The van der Waals surface area contributed by atoms with Crippen LogP contribution in [0, 0.1) is 0 Å². The van der Waals surface area contributed by atoms with Gasteiger partial charge in [-0.25, -0.2) is 5.43 Å². The first-order valence-corrected chi connectivity index (χ1v) is 10.7. The molecule has 0 aliphatic heterocycles. The van der Waals surface area contributed by atoms with Crippen molar-refractivity contribution < 1.29 is 9.53 Å². The summed E-state index contributed by atoms with van der Waals surface area (Å²) in [6.07, 6.45) is 0.845. The van der Waals surface area contributed by atoms with E-state index in [0.717, 1.165) is 17.5 Å². The number of hydrogen-bond acceptors (Lipinski definition) is 3. The maximum absolute atomic E-state index is 12.3. The van der Waals surface area contributed by atoms with Crippen LogP contribution in [-0.2, 0) is 11.3 Å². The molecule has 0 saturated carbocycles. The SMILES string of the molecule is CCn1c2ccccc2c2cc(C=NNC(=O)C(C)Oc3ccc(Cl)cc3Cl)ccc21. The minimum atomic E-state index is -0.777. The van der Waals surface area contributed by atoms with Crippen molar-refractivity contribution in [3.63, 3.8) is 0 Å². The molecule has 1 unspecified atom stereocenters. The molecule has 1 amide bonds. The molecule has 0 aliphatic rings. The van der Waals surface area contributed by atoms with Crippen LogP contribution in [0.15, 0.2) is 65.8 Å². The van der Waals surface area contributed by atoms with Crippen molar-refractivity contribution in [3.05, 3.63) is 76.3 Å². The maximum atomic E-state index is 12.3. The van der Waals surface area contributed by atoms with E-state index in [1.807, 2.05) is 18.2 Å². The van der Waals surface area contributed by atoms with Gasteiger partial charge in [0.05, 0.1) is 11.2 Å². The summed E-state index contributed by atoms with van der Waals surface area (Å²) in [7, 11) is 0. The van der Waals surface area contributed by atoms with Crippen molar-refractivity contribution in [2.24, 2.45) is 5.10 Å². The Morgan fingerprint density at radius 1 is 1.10 bits per heavy atom. The first kappa shape index (κ1) is 21.2. The van der Waals surface area contributed by atoms with Gasteiger partial charge in [0.25, 0.3) is 5.91 Å². The standard InChI is InChI=1S/C24H21Cl2N3O2/c1-3-29-21-7-5-4-6-18(21)19-12-16(8-10-22(19)29)14-27-28-24(30)15(2)31-23-11-9-17(25)13-20(23)26/h4-15H,3H2,1-2H3,(H,28,30). The van der Waals surface area contributed by atoms with Gasteiger partial charge in [-0.05, 0) is 55.8 Å². The van der Waals surface area contributed by atoms with E-state index in [2.05, 4.69) is 46.3 Å². The van der Waals surface area contributed by atoms with E-state index < -0.39 is 6.10 Å². The van der Waals surface area contributed by atoms with Crippen molar-refractivity contribution in [1.29, 1.82) is 0 Å². The number of aryl methyl sites for hydroxylation is 1. The third kappa shape index (κ3) is 4.38. The largest absolute Gasteiger partial charge is 0.479 e. The van der Waals surface area contributed by atoms with Crippen LogP contribution in [0.5, 0.6) is 5.75 Å². The molecule has 1 heterocycles. The second-order valence-corrected chi connectivity index (χ2v) is 7.95. The molecular weight excluding hydrogens is 433 g/mol. The van der Waals surface area contributed by atoms with Gasteiger partial charge in [-0.15, -0.1) is 0 Å². The Balaban J connectivity index is 1.48. The number of benzene rings is 3. The van der Waals surface area contributed by atoms with Crippen LogP contribution >= 0.6 is 23.2 Å². The maximum Gasteiger partial charge on any atom is 0.280 e. The number of amides is 1. The van der Waals surface area contributed by atoms with Gasteiger partial charge in [-0.1, -0.05) is 47.5 Å². The van der Waals surface area contributed by atoms with Crippen LogP contribution in [0.3, 0.4) is 0 Å². The topological polar surface area (TPSA) is 55.6 Å². The smallest absolute Gasteiger partial charge is 0.280 e. The summed E-state index contributed by atoms with van der Waals surface area (Å²) in [5.41, 5.74) is 5.78. The Kier molecular flexibility index (Phi) is 6.16. The summed E-state index contributed by atoms with van der Waals surface area (Å²) in [5.74, 6) is 0.00129. The van der Waals surface area contributed by atoms with Gasteiger partial charge in [0, 0.05) is 33.4 Å². The molecule has 3 aromatic carbocycles. The molecule has 7 heteroatoms. The molecule has 1 atom stereocenters. The van der Waals surface area contributed by atoms with E-state index >= 15 is 0 Å². The molecule has 4 rings (SSSR count). The summed E-state index contributed by atoms with van der Waals surface area (Å²) < 4.78 is 7.89. The number of para-hydroxylation sites is 1. The van der Waals surface area contributed by atoms with E-state index in [0.29, 0.717) is 15.8 Å². The zero-order valence-corrected chi connectivity index (χ0v) is 18.6. The van der Waals surface area contributed by atoms with Crippen molar-refractivity contribution in [1.82, 2.24) is 9.99 Å². The van der Waals surface area contributed by atoms with E-state index in [4.69, 9.17) is 27.9 Å². The first-order valence-electron chi connectivity index (χ1n) is 9.93. The van der Waals surface area contributed by atoms with Gasteiger partial charge < -0.3 is 9.30 Å². The highest BCUT2D eigenvalue weighted by molar-refractivity contribution is 6.35. The molecule has 158 valence electrons. The second kappa shape index (κ2) is 9.00. The summed E-state index contributed by atoms with van der Waals surface area (Å²) in [6.45, 7) is 4.65. The lowest BCUT2D eigenvalue weighted by molar-refractivity contribution is -0.127. The van der Waals surface area contributed by atoms with Crippen LogP contribution in [0.2, 0.25) is 10.0 Å². The van der Waals surface area contributed by atoms with Crippen molar-refractivity contribution in [3.8, 4) is 5.75 Å². The third-order valence-corrected chi connectivity index (χ3v) is 5.60. The van der Waals surface area contributed by atoms with Gasteiger partial charge in [0.2, 0.25) is 0 Å². The van der Waals surface area contributed by atoms with Crippen molar-refractivity contribution >= 4 is 57.1 Å². The monoisotopic (exact) mass is 453 g/mol. The molecule has 4 aromatic rings. The summed E-state index contributed by atoms with van der Waals surface area (Å²) >= 11 is 12.0. The van der Waals surface area contributed by atoms with Gasteiger partial charge in [0.15, 0.2) is 6.10 Å². The minimum Gasteiger partial charge on any atom is -0.479 e. The highest BCUT2D eigenvalue weighted by atomic mass is 35.5. The first-order chi connectivity index (χ1) is 15.0. The van der Waals surface area contributed by atoms with E-state index in [1.165, 1.54) is 16.4 Å². The summed E-state index contributed by atoms with van der Waals surface area (Å²) in [6, 6.07) is 19.3. The van der Waals surface area contributed by atoms with Crippen LogP contribution in [0.4, 0.5) is 0 Å².